The molecule has 6 nitrogen and oxygen atoms in total. The van der Waals surface area contributed by atoms with Gasteiger partial charge < -0.3 is 9.11 Å². The molecule has 0 saturated heterocycles. The van der Waals surface area contributed by atoms with E-state index in [0.29, 0.717) is 0 Å². The summed E-state index contributed by atoms with van der Waals surface area (Å²) in [7, 11) is -8.85. The number of rotatable bonds is 22. The third-order valence-corrected chi connectivity index (χ3v) is 11.8. The van der Waals surface area contributed by atoms with E-state index in [1.54, 1.807) is 12.1 Å². The Morgan fingerprint density at radius 3 is 0.887 bits per heavy atom. The first-order valence-corrected chi connectivity index (χ1v) is 22.8. The summed E-state index contributed by atoms with van der Waals surface area (Å²) < 4.78 is 68.8. The summed E-state index contributed by atoms with van der Waals surface area (Å²) in [5, 5.41) is 4.07. The molecule has 9 heteroatoms. The fourth-order valence-corrected chi connectivity index (χ4v) is 8.05. The van der Waals surface area contributed by atoms with Crippen LogP contribution in [0.1, 0.15) is 153 Å². The van der Waals surface area contributed by atoms with Crippen molar-refractivity contribution in [1.82, 2.24) is 0 Å². The molecule has 0 aliphatic heterocycles. The van der Waals surface area contributed by atoms with Gasteiger partial charge in [-0.05, 0) is 119 Å². The molecule has 0 amide bonds. The van der Waals surface area contributed by atoms with Gasteiger partial charge in [-0.2, -0.15) is 0 Å². The van der Waals surface area contributed by atoms with Gasteiger partial charge in [-0.15, -0.1) is 0 Å². The van der Waals surface area contributed by atoms with Gasteiger partial charge in [0.25, 0.3) is 0 Å². The standard InChI is InChI=1S/2C22H32O3S.Ca/c2*1-3-5-7-9-11-18-13-14-19(12-10-8-6-4-2)22-17-20(26(23,24)25)15-16-21(18)22;/h2*13-17H,3-12H2,1-2H3,(H,23,24,25);/q;;+2/p-2. The Bertz CT molecular complexity index is 1770. The Hall–Kier alpha value is -1.52. The molecule has 0 fully saturated rings. The smallest absolute Gasteiger partial charge is 0.744 e. The third kappa shape index (κ3) is 15.9. The van der Waals surface area contributed by atoms with Gasteiger partial charge in [0, 0.05) is 0 Å². The van der Waals surface area contributed by atoms with E-state index in [1.165, 1.54) is 100 Å². The number of aryl methyl sites for hydroxylation is 4. The molecular formula is C44H62CaO6S2. The largest absolute Gasteiger partial charge is 2.00 e. The van der Waals surface area contributed by atoms with Crippen LogP contribution in [0.5, 0.6) is 0 Å². The molecule has 4 aromatic rings. The van der Waals surface area contributed by atoms with Crippen LogP contribution in [0, 0.1) is 0 Å². The second-order valence-electron chi connectivity index (χ2n) is 14.3. The SMILES string of the molecule is CCCCCCc1ccc(CCCCCC)c2cc(S(=O)(=O)[O-])ccc12.CCCCCCc1ccc(CCCCCC)c2cc(S(=O)(=O)[O-])ccc12.[Ca+2]. The normalized spacial score (nSPS) is 11.7. The molecule has 4 aromatic carbocycles. The fourth-order valence-electron chi connectivity index (χ4n) is 7.05. The number of fused-ring (bicyclic) bond motifs is 2. The van der Waals surface area contributed by atoms with Gasteiger partial charge in [-0.25, -0.2) is 16.8 Å². The Labute approximate surface area is 351 Å². The summed E-state index contributed by atoms with van der Waals surface area (Å²) in [5.74, 6) is 0. The van der Waals surface area contributed by atoms with E-state index in [1.807, 2.05) is 12.1 Å². The maximum absolute atomic E-state index is 11.5. The Morgan fingerprint density at radius 2 is 0.642 bits per heavy atom. The number of hydrogen-bond acceptors (Lipinski definition) is 6. The predicted molar refractivity (Wildman–Crippen MR) is 221 cm³/mol. The van der Waals surface area contributed by atoms with Gasteiger partial charge in [0.05, 0.1) is 9.79 Å². The van der Waals surface area contributed by atoms with Crippen molar-refractivity contribution in [3.63, 3.8) is 0 Å². The van der Waals surface area contributed by atoms with Crippen LogP contribution in [0.2, 0.25) is 0 Å². The van der Waals surface area contributed by atoms with E-state index < -0.39 is 20.2 Å². The Morgan fingerprint density at radius 1 is 0.377 bits per heavy atom. The molecule has 4 rings (SSSR count). The van der Waals surface area contributed by atoms with Crippen molar-refractivity contribution in [2.45, 2.75) is 166 Å². The summed E-state index contributed by atoms with van der Waals surface area (Å²) in [6.07, 6.45) is 22.8. The molecule has 0 saturated carbocycles. The first-order valence-electron chi connectivity index (χ1n) is 19.9. The first kappa shape index (κ1) is 47.6. The van der Waals surface area contributed by atoms with Gasteiger partial charge in [0.1, 0.15) is 20.2 Å². The molecule has 53 heavy (non-hydrogen) atoms. The molecule has 0 aromatic heterocycles. The van der Waals surface area contributed by atoms with E-state index >= 15 is 0 Å². The summed E-state index contributed by atoms with van der Waals surface area (Å²) in [6.45, 7) is 8.78. The zero-order chi connectivity index (χ0) is 38.0. The minimum Gasteiger partial charge on any atom is -0.744 e. The van der Waals surface area contributed by atoms with E-state index in [9.17, 15) is 25.9 Å². The summed E-state index contributed by atoms with van der Waals surface area (Å²) in [4.78, 5) is -0.245. The van der Waals surface area contributed by atoms with Crippen molar-refractivity contribution in [2.24, 2.45) is 0 Å². The van der Waals surface area contributed by atoms with Gasteiger partial charge in [-0.1, -0.05) is 141 Å². The molecule has 0 aliphatic rings. The topological polar surface area (TPSA) is 114 Å². The van der Waals surface area contributed by atoms with Crippen LogP contribution in [-0.2, 0) is 45.9 Å². The first-order chi connectivity index (χ1) is 24.9. The van der Waals surface area contributed by atoms with Crippen LogP contribution < -0.4 is 0 Å². The van der Waals surface area contributed by atoms with Crippen molar-refractivity contribution in [3.8, 4) is 0 Å². The summed E-state index contributed by atoms with van der Waals surface area (Å²) in [6, 6.07) is 18.4. The molecule has 0 N–H and O–H groups in total. The predicted octanol–water partition coefficient (Wildman–Crippen LogP) is 11.6. The van der Waals surface area contributed by atoms with E-state index in [0.717, 1.165) is 84.0 Å². The van der Waals surface area contributed by atoms with Crippen LogP contribution in [0.3, 0.4) is 0 Å². The van der Waals surface area contributed by atoms with Gasteiger partial charge in [-0.3, -0.25) is 0 Å². The Kier molecular flexibility index (Phi) is 22.4. The molecule has 0 spiro atoms. The maximum Gasteiger partial charge on any atom is 2.00 e. The fraction of sp³-hybridized carbons (Fsp3) is 0.545. The second kappa shape index (κ2) is 24.9. The average Bonchev–Trinajstić information content (AvgIpc) is 3.12. The molecule has 0 heterocycles. The van der Waals surface area contributed by atoms with Crippen molar-refractivity contribution in [3.05, 3.63) is 82.9 Å². The number of benzene rings is 4. The summed E-state index contributed by atoms with van der Waals surface area (Å²) >= 11 is 0. The van der Waals surface area contributed by atoms with Crippen LogP contribution in [0.4, 0.5) is 0 Å². The molecular weight excluding hydrogens is 729 g/mol. The molecule has 288 valence electrons. The number of hydrogen-bond donors (Lipinski definition) is 0. The Balaban J connectivity index is 0.000000360. The van der Waals surface area contributed by atoms with Crippen LogP contribution >= 0.6 is 0 Å². The second-order valence-corrected chi connectivity index (χ2v) is 17.1. The van der Waals surface area contributed by atoms with E-state index in [4.69, 9.17) is 0 Å². The quantitative estimate of drug-likeness (QED) is 0.0445. The molecule has 0 bridgehead atoms. The van der Waals surface area contributed by atoms with Crippen molar-refractivity contribution < 1.29 is 25.9 Å². The zero-order valence-electron chi connectivity index (χ0n) is 32.9. The molecule has 0 radical (unpaired) electrons. The van der Waals surface area contributed by atoms with E-state index in [-0.39, 0.29) is 47.5 Å². The van der Waals surface area contributed by atoms with E-state index in [2.05, 4.69) is 52.0 Å². The summed E-state index contributed by atoms with van der Waals surface area (Å²) in [5.41, 5.74) is 4.81. The average molecular weight is 791 g/mol. The molecule has 0 aliphatic carbocycles. The van der Waals surface area contributed by atoms with Crippen LogP contribution in [0.25, 0.3) is 21.5 Å². The van der Waals surface area contributed by atoms with Gasteiger partial charge in [0.15, 0.2) is 0 Å². The van der Waals surface area contributed by atoms with Crippen molar-refractivity contribution in [1.29, 1.82) is 0 Å². The monoisotopic (exact) mass is 790 g/mol. The molecule has 0 atom stereocenters. The minimum atomic E-state index is -4.43. The van der Waals surface area contributed by atoms with Gasteiger partial charge >= 0.3 is 37.7 Å². The van der Waals surface area contributed by atoms with Crippen molar-refractivity contribution >= 4 is 79.5 Å². The zero-order valence-corrected chi connectivity index (χ0v) is 36.7. The van der Waals surface area contributed by atoms with Crippen molar-refractivity contribution in [2.75, 3.05) is 0 Å². The minimum absolute atomic E-state index is 0. The third-order valence-electron chi connectivity index (χ3n) is 10.1. The van der Waals surface area contributed by atoms with Crippen LogP contribution in [0.15, 0.2) is 70.5 Å². The van der Waals surface area contributed by atoms with Crippen LogP contribution in [-0.4, -0.2) is 63.7 Å². The number of unbranched alkanes of at least 4 members (excludes halogenated alkanes) is 12. The molecule has 0 unspecified atom stereocenters. The van der Waals surface area contributed by atoms with Gasteiger partial charge in [0.2, 0.25) is 0 Å². The maximum atomic E-state index is 11.5.